The first-order valence-electron chi connectivity index (χ1n) is 14.9. The molecule has 0 amide bonds. The van der Waals surface area contributed by atoms with Gasteiger partial charge >= 0.3 is 0 Å². The Labute approximate surface area is 201 Å². The minimum absolute atomic E-state index is 0.995. The Bertz CT molecular complexity index is 569. The first kappa shape index (κ1) is 25.8. The van der Waals surface area contributed by atoms with Gasteiger partial charge in [0.2, 0.25) is 0 Å². The van der Waals surface area contributed by atoms with Crippen LogP contribution in [-0.2, 0) is 12.8 Å². The fourth-order valence-corrected chi connectivity index (χ4v) is 6.76. The Morgan fingerprint density at radius 2 is 0.969 bits per heavy atom. The number of hydrogen-bond donors (Lipinski definition) is 0. The van der Waals surface area contributed by atoms with Crippen LogP contribution in [0.5, 0.6) is 0 Å². The minimum Gasteiger partial charge on any atom is -0.0654 e. The van der Waals surface area contributed by atoms with Crippen molar-refractivity contribution in [1.29, 1.82) is 0 Å². The molecule has 0 N–H and O–H groups in total. The van der Waals surface area contributed by atoms with Gasteiger partial charge in [-0.3, -0.25) is 0 Å². The van der Waals surface area contributed by atoms with E-state index in [9.17, 15) is 0 Å². The summed E-state index contributed by atoms with van der Waals surface area (Å²) < 4.78 is 0. The van der Waals surface area contributed by atoms with Crippen LogP contribution in [0.15, 0.2) is 24.3 Å². The van der Waals surface area contributed by atoms with Gasteiger partial charge in [-0.1, -0.05) is 115 Å². The Hall–Kier alpha value is -0.780. The first-order chi connectivity index (χ1) is 15.8. The van der Waals surface area contributed by atoms with E-state index in [0.717, 1.165) is 23.7 Å². The molecule has 32 heavy (non-hydrogen) atoms. The molecule has 1 aromatic carbocycles. The molecule has 3 rings (SSSR count). The van der Waals surface area contributed by atoms with Crippen molar-refractivity contribution in [3.8, 4) is 0 Å². The van der Waals surface area contributed by atoms with Gasteiger partial charge in [-0.05, 0) is 86.2 Å². The summed E-state index contributed by atoms with van der Waals surface area (Å²) in [5.74, 6) is 4.21. The first-order valence-corrected chi connectivity index (χ1v) is 14.9. The monoisotopic (exact) mass is 438 g/mol. The second-order valence-electron chi connectivity index (χ2n) is 11.6. The van der Waals surface area contributed by atoms with E-state index in [1.54, 1.807) is 36.8 Å². The van der Waals surface area contributed by atoms with Crippen molar-refractivity contribution in [3.63, 3.8) is 0 Å². The molecule has 1 aromatic rings. The van der Waals surface area contributed by atoms with Crippen LogP contribution >= 0.6 is 0 Å². The summed E-state index contributed by atoms with van der Waals surface area (Å²) in [5.41, 5.74) is 3.12. The number of rotatable bonds is 14. The molecule has 0 aromatic heterocycles. The SMILES string of the molecule is CCCCCCCc1ccc(CCC2CCC(C3CCC(CCCCC)CC3)CC2)cc1. The van der Waals surface area contributed by atoms with Crippen molar-refractivity contribution in [1.82, 2.24) is 0 Å². The van der Waals surface area contributed by atoms with Crippen LogP contribution in [0.4, 0.5) is 0 Å². The molecule has 0 bridgehead atoms. The van der Waals surface area contributed by atoms with Crippen LogP contribution in [-0.4, -0.2) is 0 Å². The van der Waals surface area contributed by atoms with Crippen molar-refractivity contribution in [2.75, 3.05) is 0 Å². The predicted molar refractivity (Wildman–Crippen MR) is 142 cm³/mol. The summed E-state index contributed by atoms with van der Waals surface area (Å²) in [5, 5.41) is 0. The minimum atomic E-state index is 0.995. The van der Waals surface area contributed by atoms with Crippen LogP contribution in [0.25, 0.3) is 0 Å². The second-order valence-corrected chi connectivity index (χ2v) is 11.6. The van der Waals surface area contributed by atoms with E-state index in [1.165, 1.54) is 103 Å². The molecule has 0 saturated heterocycles. The average molecular weight is 439 g/mol. The number of benzene rings is 1. The highest BCUT2D eigenvalue weighted by atomic mass is 14.4. The maximum absolute atomic E-state index is 2.42. The predicted octanol–water partition coefficient (Wildman–Crippen LogP) is 10.3. The number of hydrogen-bond acceptors (Lipinski definition) is 0. The summed E-state index contributed by atoms with van der Waals surface area (Å²) in [6.45, 7) is 4.63. The van der Waals surface area contributed by atoms with Crippen LogP contribution in [0, 0.1) is 23.7 Å². The maximum atomic E-state index is 2.42. The van der Waals surface area contributed by atoms with E-state index in [0.29, 0.717) is 0 Å². The molecule has 2 saturated carbocycles. The highest BCUT2D eigenvalue weighted by Gasteiger charge is 2.30. The maximum Gasteiger partial charge on any atom is -0.0276 e. The van der Waals surface area contributed by atoms with Crippen molar-refractivity contribution >= 4 is 0 Å². The van der Waals surface area contributed by atoms with Gasteiger partial charge in [0.1, 0.15) is 0 Å². The standard InChI is InChI=1S/C32H54/c1-3-5-7-8-10-12-27-13-15-29(16-14-27)17-18-30-21-25-32(26-22-30)31-23-19-28(20-24-31)11-9-6-4-2/h13-16,28,30-32H,3-12,17-26H2,1-2H3. The molecule has 0 unspecified atom stereocenters. The van der Waals surface area contributed by atoms with Crippen molar-refractivity contribution in [3.05, 3.63) is 35.4 Å². The van der Waals surface area contributed by atoms with E-state index in [-0.39, 0.29) is 0 Å². The van der Waals surface area contributed by atoms with E-state index < -0.39 is 0 Å². The van der Waals surface area contributed by atoms with Crippen LogP contribution in [0.1, 0.15) is 141 Å². The lowest BCUT2D eigenvalue weighted by Gasteiger charge is -2.38. The van der Waals surface area contributed by atoms with Crippen molar-refractivity contribution in [2.24, 2.45) is 23.7 Å². The third-order valence-corrected chi connectivity index (χ3v) is 9.10. The van der Waals surface area contributed by atoms with E-state index in [1.807, 2.05) is 0 Å². The molecule has 0 radical (unpaired) electrons. The van der Waals surface area contributed by atoms with Gasteiger partial charge < -0.3 is 0 Å². The van der Waals surface area contributed by atoms with E-state index >= 15 is 0 Å². The molecule has 0 aliphatic heterocycles. The molecule has 0 nitrogen and oxygen atoms in total. The van der Waals surface area contributed by atoms with E-state index in [2.05, 4.69) is 38.1 Å². The molecule has 0 heteroatoms. The third kappa shape index (κ3) is 9.23. The van der Waals surface area contributed by atoms with Gasteiger partial charge in [0.25, 0.3) is 0 Å². The average Bonchev–Trinajstić information content (AvgIpc) is 2.84. The molecule has 0 atom stereocenters. The Morgan fingerprint density at radius 3 is 1.53 bits per heavy atom. The summed E-state index contributed by atoms with van der Waals surface area (Å²) in [7, 11) is 0. The lowest BCUT2D eigenvalue weighted by Crippen LogP contribution is -2.26. The lowest BCUT2D eigenvalue weighted by molar-refractivity contribution is 0.140. The van der Waals surface area contributed by atoms with Gasteiger partial charge in [-0.25, -0.2) is 0 Å². The van der Waals surface area contributed by atoms with Crippen LogP contribution in [0.2, 0.25) is 0 Å². The smallest absolute Gasteiger partial charge is 0.0276 e. The van der Waals surface area contributed by atoms with Gasteiger partial charge in [0, 0.05) is 0 Å². The Kier molecular flexibility index (Phi) is 12.3. The molecular formula is C32H54. The zero-order chi connectivity index (χ0) is 22.4. The van der Waals surface area contributed by atoms with Gasteiger partial charge in [0.05, 0.1) is 0 Å². The van der Waals surface area contributed by atoms with Crippen LogP contribution < -0.4 is 0 Å². The lowest BCUT2D eigenvalue weighted by atomic mass is 9.68. The Balaban J connectivity index is 1.27. The molecule has 0 heterocycles. The normalized spacial score (nSPS) is 26.3. The fraction of sp³-hybridized carbons (Fsp3) is 0.812. The zero-order valence-electron chi connectivity index (χ0n) is 21.8. The number of aryl methyl sites for hydroxylation is 2. The third-order valence-electron chi connectivity index (χ3n) is 9.10. The molecular weight excluding hydrogens is 384 g/mol. The van der Waals surface area contributed by atoms with Crippen molar-refractivity contribution < 1.29 is 0 Å². The highest BCUT2D eigenvalue weighted by Crippen LogP contribution is 2.43. The number of unbranched alkanes of at least 4 members (excludes halogenated alkanes) is 6. The fourth-order valence-electron chi connectivity index (χ4n) is 6.76. The quantitative estimate of drug-likeness (QED) is 0.253. The van der Waals surface area contributed by atoms with Gasteiger partial charge in [-0.15, -0.1) is 0 Å². The zero-order valence-corrected chi connectivity index (χ0v) is 21.8. The molecule has 2 aliphatic carbocycles. The summed E-state index contributed by atoms with van der Waals surface area (Å²) >= 11 is 0. The Morgan fingerprint density at radius 1 is 0.500 bits per heavy atom. The summed E-state index contributed by atoms with van der Waals surface area (Å²) in [6.07, 6.45) is 29.0. The highest BCUT2D eigenvalue weighted by molar-refractivity contribution is 5.22. The second kappa shape index (κ2) is 15.2. The summed E-state index contributed by atoms with van der Waals surface area (Å²) in [4.78, 5) is 0. The van der Waals surface area contributed by atoms with Crippen molar-refractivity contribution in [2.45, 2.75) is 142 Å². The van der Waals surface area contributed by atoms with Gasteiger partial charge in [0.15, 0.2) is 0 Å². The van der Waals surface area contributed by atoms with Gasteiger partial charge in [-0.2, -0.15) is 0 Å². The summed E-state index contributed by atoms with van der Waals surface area (Å²) in [6, 6.07) is 9.66. The molecule has 2 aliphatic rings. The molecule has 182 valence electrons. The largest absolute Gasteiger partial charge is 0.0654 e. The molecule has 2 fully saturated rings. The molecule has 0 spiro atoms. The van der Waals surface area contributed by atoms with E-state index in [4.69, 9.17) is 0 Å². The topological polar surface area (TPSA) is 0 Å². The van der Waals surface area contributed by atoms with Crippen LogP contribution in [0.3, 0.4) is 0 Å².